The second-order valence-corrected chi connectivity index (χ2v) is 7.91. The highest BCUT2D eigenvalue weighted by Crippen LogP contribution is 2.41. The quantitative estimate of drug-likeness (QED) is 0.575. The molecule has 2 aromatic heterocycles. The van der Waals surface area contributed by atoms with Gasteiger partial charge >= 0.3 is 12.2 Å². The van der Waals surface area contributed by atoms with Crippen molar-refractivity contribution in [3.63, 3.8) is 0 Å². The lowest BCUT2D eigenvalue weighted by molar-refractivity contribution is -0.137. The summed E-state index contributed by atoms with van der Waals surface area (Å²) in [5, 5.41) is 0. The maximum Gasteiger partial charge on any atom is 0.416 e. The molecule has 6 nitrogen and oxygen atoms in total. The van der Waals surface area contributed by atoms with Crippen molar-refractivity contribution in [2.75, 3.05) is 34.8 Å². The van der Waals surface area contributed by atoms with Crippen LogP contribution >= 0.6 is 0 Å². The van der Waals surface area contributed by atoms with Gasteiger partial charge in [0, 0.05) is 31.9 Å². The van der Waals surface area contributed by atoms with Crippen LogP contribution in [0.25, 0.3) is 11.3 Å². The van der Waals surface area contributed by atoms with Crippen LogP contribution in [-0.4, -0.2) is 42.2 Å². The summed E-state index contributed by atoms with van der Waals surface area (Å²) in [6.45, 7) is 1.48. The van der Waals surface area contributed by atoms with E-state index in [0.717, 1.165) is 30.8 Å². The average Bonchev–Trinajstić information content (AvgIpc) is 3.22. The molecule has 1 fully saturated rings. The Bertz CT molecular complexity index is 1170. The Morgan fingerprint density at radius 2 is 1.97 bits per heavy atom. The van der Waals surface area contributed by atoms with Crippen molar-refractivity contribution in [3.05, 3.63) is 66.4 Å². The fraction of sp³-hybridized carbons (Fsp3) is 0.261. The van der Waals surface area contributed by atoms with Crippen molar-refractivity contribution in [3.8, 4) is 11.3 Å². The van der Waals surface area contributed by atoms with Crippen molar-refractivity contribution >= 4 is 23.4 Å². The predicted octanol–water partition coefficient (Wildman–Crippen LogP) is 4.82. The number of anilines is 3. The Kier molecular flexibility index (Phi) is 4.76. The Morgan fingerprint density at radius 3 is 2.72 bits per heavy atom. The molecule has 164 valence electrons. The van der Waals surface area contributed by atoms with Gasteiger partial charge in [-0.05, 0) is 42.8 Å². The third kappa shape index (κ3) is 3.43. The molecule has 1 aromatic carbocycles. The van der Waals surface area contributed by atoms with Crippen molar-refractivity contribution in [2.24, 2.45) is 0 Å². The van der Waals surface area contributed by atoms with Gasteiger partial charge in [0.15, 0.2) is 5.82 Å². The number of alkyl halides is 3. The van der Waals surface area contributed by atoms with Crippen LogP contribution in [0.4, 0.5) is 35.3 Å². The van der Waals surface area contributed by atoms with Crippen molar-refractivity contribution in [1.29, 1.82) is 0 Å². The third-order valence-corrected chi connectivity index (χ3v) is 5.92. The number of pyridine rings is 2. The van der Waals surface area contributed by atoms with Gasteiger partial charge in [-0.1, -0.05) is 18.2 Å². The van der Waals surface area contributed by atoms with Crippen molar-refractivity contribution < 1.29 is 18.0 Å². The van der Waals surface area contributed by atoms with Crippen molar-refractivity contribution in [2.45, 2.75) is 18.6 Å². The average molecular weight is 439 g/mol. The van der Waals surface area contributed by atoms with E-state index >= 15 is 0 Å². The van der Waals surface area contributed by atoms with Crippen LogP contribution in [-0.2, 0) is 6.18 Å². The van der Waals surface area contributed by atoms with Crippen LogP contribution in [0.15, 0.2) is 60.8 Å². The summed E-state index contributed by atoms with van der Waals surface area (Å²) in [4.78, 5) is 27.7. The SMILES string of the molecule is CN(C(=O)N1c2nc(-c3cccc(C(F)(F)F)c3)ccc2N2CC[C@H]1C2)c1ccccn1. The normalized spacial score (nSPS) is 17.3. The van der Waals surface area contributed by atoms with Gasteiger partial charge in [-0.25, -0.2) is 14.8 Å². The van der Waals surface area contributed by atoms with E-state index < -0.39 is 11.7 Å². The minimum Gasteiger partial charge on any atom is -0.366 e. The van der Waals surface area contributed by atoms with Gasteiger partial charge in [-0.2, -0.15) is 13.2 Å². The lowest BCUT2D eigenvalue weighted by Gasteiger charge is -2.37. The summed E-state index contributed by atoms with van der Waals surface area (Å²) in [5.74, 6) is 0.968. The Hall–Kier alpha value is -3.62. The Morgan fingerprint density at radius 1 is 1.12 bits per heavy atom. The van der Waals surface area contributed by atoms with E-state index in [0.29, 0.717) is 29.4 Å². The fourth-order valence-electron chi connectivity index (χ4n) is 4.28. The number of carbonyl (C=O) groups excluding carboxylic acids is 1. The summed E-state index contributed by atoms with van der Waals surface area (Å²) in [6.07, 6.45) is -2.04. The molecule has 2 bridgehead atoms. The van der Waals surface area contributed by atoms with Crippen LogP contribution in [0.5, 0.6) is 0 Å². The van der Waals surface area contributed by atoms with E-state index in [-0.39, 0.29) is 12.1 Å². The molecular formula is C23H20F3N5O. The van der Waals surface area contributed by atoms with Crippen LogP contribution < -0.4 is 14.7 Å². The van der Waals surface area contributed by atoms with Gasteiger partial charge in [-0.3, -0.25) is 9.80 Å². The molecule has 4 heterocycles. The van der Waals surface area contributed by atoms with Crippen molar-refractivity contribution in [1.82, 2.24) is 9.97 Å². The maximum atomic E-state index is 13.5. The number of amides is 2. The zero-order valence-electron chi connectivity index (χ0n) is 17.3. The van der Waals surface area contributed by atoms with Gasteiger partial charge in [0.25, 0.3) is 0 Å². The minimum atomic E-state index is -4.44. The highest BCUT2D eigenvalue weighted by atomic mass is 19.4. The molecule has 32 heavy (non-hydrogen) atoms. The van der Waals surface area contributed by atoms with E-state index in [4.69, 9.17) is 0 Å². The number of carbonyl (C=O) groups is 1. The van der Waals surface area contributed by atoms with E-state index in [2.05, 4.69) is 14.9 Å². The highest BCUT2D eigenvalue weighted by Gasteiger charge is 2.41. The van der Waals surface area contributed by atoms with E-state index in [1.165, 1.54) is 11.0 Å². The van der Waals surface area contributed by atoms with Gasteiger partial charge in [0.05, 0.1) is 23.0 Å². The number of rotatable bonds is 2. The molecule has 0 saturated carbocycles. The second kappa shape index (κ2) is 7.51. The standard InChI is InChI=1S/C23H20F3N5O/c1-29(20-7-2-3-11-27-20)22(32)31-17-10-12-30(14-17)19-9-8-18(28-21(19)31)15-5-4-6-16(13-15)23(24,25)26/h2-9,11,13,17H,10,12,14H2,1H3/t17-/m0/s1. The zero-order chi connectivity index (χ0) is 22.5. The molecule has 0 N–H and O–H groups in total. The van der Waals surface area contributed by atoms with Crippen LogP contribution in [0.3, 0.4) is 0 Å². The molecule has 3 aromatic rings. The van der Waals surface area contributed by atoms with Gasteiger partial charge in [-0.15, -0.1) is 0 Å². The number of hydrogen-bond donors (Lipinski definition) is 0. The topological polar surface area (TPSA) is 52.6 Å². The Labute approximate surface area is 182 Å². The first-order valence-electron chi connectivity index (χ1n) is 10.2. The monoisotopic (exact) mass is 439 g/mol. The number of hydrogen-bond acceptors (Lipinski definition) is 4. The van der Waals surface area contributed by atoms with Crippen LogP contribution in [0, 0.1) is 0 Å². The van der Waals surface area contributed by atoms with Gasteiger partial charge < -0.3 is 4.90 Å². The molecule has 5 rings (SSSR count). The first kappa shape index (κ1) is 20.3. The number of benzene rings is 1. The number of urea groups is 1. The molecule has 2 amide bonds. The minimum absolute atomic E-state index is 0.0644. The highest BCUT2D eigenvalue weighted by molar-refractivity contribution is 6.05. The molecule has 0 unspecified atom stereocenters. The number of nitrogens with zero attached hydrogens (tertiary/aromatic N) is 5. The molecule has 2 aliphatic heterocycles. The molecule has 2 aliphatic rings. The first-order chi connectivity index (χ1) is 15.3. The van der Waals surface area contributed by atoms with E-state index in [1.54, 1.807) is 48.5 Å². The largest absolute Gasteiger partial charge is 0.416 e. The second-order valence-electron chi connectivity index (χ2n) is 7.91. The fourth-order valence-corrected chi connectivity index (χ4v) is 4.28. The van der Waals surface area contributed by atoms with Gasteiger partial charge in [0.2, 0.25) is 0 Å². The molecule has 0 spiro atoms. The maximum absolute atomic E-state index is 13.5. The molecule has 0 radical (unpaired) electrons. The zero-order valence-corrected chi connectivity index (χ0v) is 17.3. The predicted molar refractivity (Wildman–Crippen MR) is 116 cm³/mol. The number of halogens is 3. The number of fused-ring (bicyclic) bond motifs is 4. The number of aromatic nitrogens is 2. The van der Waals surface area contributed by atoms with E-state index in [1.807, 2.05) is 6.07 Å². The summed E-state index contributed by atoms with van der Waals surface area (Å²) in [7, 11) is 1.66. The summed E-state index contributed by atoms with van der Waals surface area (Å²) < 4.78 is 39.6. The molecule has 1 atom stereocenters. The summed E-state index contributed by atoms with van der Waals surface area (Å²) >= 11 is 0. The summed E-state index contributed by atoms with van der Waals surface area (Å²) in [5.41, 5.74) is 0.801. The lowest BCUT2D eigenvalue weighted by atomic mass is 10.1. The van der Waals surface area contributed by atoms with E-state index in [9.17, 15) is 18.0 Å². The smallest absolute Gasteiger partial charge is 0.366 e. The summed E-state index contributed by atoms with van der Waals surface area (Å²) in [6, 6.07) is 13.6. The molecular weight excluding hydrogens is 419 g/mol. The lowest BCUT2D eigenvalue weighted by Crippen LogP contribution is -2.51. The molecule has 1 saturated heterocycles. The first-order valence-corrected chi connectivity index (χ1v) is 10.2. The van der Waals surface area contributed by atoms with Crippen LogP contribution in [0.2, 0.25) is 0 Å². The van der Waals surface area contributed by atoms with Crippen LogP contribution in [0.1, 0.15) is 12.0 Å². The van der Waals surface area contributed by atoms with Gasteiger partial charge in [0.1, 0.15) is 5.82 Å². The molecule has 0 aliphatic carbocycles. The molecule has 9 heteroatoms. The Balaban J connectivity index is 1.56. The third-order valence-electron chi connectivity index (χ3n) is 5.92.